The maximum absolute atomic E-state index is 12.0. The van der Waals surface area contributed by atoms with Crippen LogP contribution in [-0.2, 0) is 9.53 Å². The average Bonchev–Trinajstić information content (AvgIpc) is 2.61. The molecule has 0 saturated carbocycles. The molecule has 2 N–H and O–H groups in total. The summed E-state index contributed by atoms with van der Waals surface area (Å²) in [6.07, 6.45) is -0.251. The second kappa shape index (κ2) is 10.3. The third-order valence-corrected chi connectivity index (χ3v) is 5.13. The summed E-state index contributed by atoms with van der Waals surface area (Å²) >= 11 is 1.75. The van der Waals surface area contributed by atoms with Crippen LogP contribution in [0, 0.1) is 6.92 Å². The maximum Gasteiger partial charge on any atom is 0.410 e. The molecule has 7 heteroatoms. The van der Waals surface area contributed by atoms with Gasteiger partial charge >= 0.3 is 6.09 Å². The van der Waals surface area contributed by atoms with Crippen LogP contribution in [0.5, 0.6) is 0 Å². The molecule has 1 aromatic rings. The van der Waals surface area contributed by atoms with E-state index in [0.717, 1.165) is 18.8 Å². The van der Waals surface area contributed by atoms with E-state index in [1.807, 2.05) is 0 Å². The molecule has 1 aromatic carbocycles. The number of nitrogens with zero attached hydrogens (tertiary/aromatic N) is 1. The van der Waals surface area contributed by atoms with Gasteiger partial charge in [-0.1, -0.05) is 17.7 Å². The van der Waals surface area contributed by atoms with Gasteiger partial charge in [0.25, 0.3) is 5.91 Å². The third-order valence-electron chi connectivity index (χ3n) is 4.12. The van der Waals surface area contributed by atoms with Gasteiger partial charge in [0.2, 0.25) is 0 Å². The van der Waals surface area contributed by atoms with E-state index in [0.29, 0.717) is 32.8 Å². The number of amides is 2. The lowest BCUT2D eigenvalue weighted by Crippen LogP contribution is -3.15. The minimum Gasteiger partial charge on any atom is -0.450 e. The molecule has 0 bridgehead atoms. The quantitative estimate of drug-likeness (QED) is 0.547. The molecule has 0 spiro atoms. The second-order valence-corrected chi connectivity index (χ2v) is 7.29. The van der Waals surface area contributed by atoms with Gasteiger partial charge in [-0.2, -0.15) is 0 Å². The van der Waals surface area contributed by atoms with Crippen LogP contribution < -0.4 is 10.2 Å². The number of nitrogens with one attached hydrogen (secondary N) is 2. The van der Waals surface area contributed by atoms with Gasteiger partial charge in [0, 0.05) is 17.2 Å². The van der Waals surface area contributed by atoms with Gasteiger partial charge in [0.05, 0.1) is 32.8 Å². The minimum absolute atomic E-state index is 0.0732. The highest BCUT2D eigenvalue weighted by molar-refractivity contribution is 7.99. The van der Waals surface area contributed by atoms with Crippen molar-refractivity contribution in [3.8, 4) is 0 Å². The number of quaternary nitrogens is 1. The van der Waals surface area contributed by atoms with Crippen molar-refractivity contribution in [3.63, 3.8) is 0 Å². The Morgan fingerprint density at radius 3 is 2.56 bits per heavy atom. The zero-order chi connectivity index (χ0) is 18.1. The van der Waals surface area contributed by atoms with E-state index in [9.17, 15) is 9.59 Å². The number of hydrogen-bond acceptors (Lipinski definition) is 4. The molecule has 138 valence electrons. The van der Waals surface area contributed by atoms with Crippen molar-refractivity contribution in [2.24, 2.45) is 0 Å². The molecule has 0 radical (unpaired) electrons. The molecular weight excluding hydrogens is 338 g/mol. The number of hydrogen-bond donors (Lipinski definition) is 2. The smallest absolute Gasteiger partial charge is 0.410 e. The molecule has 2 rings (SSSR count). The maximum atomic E-state index is 12.0. The Bertz CT molecular complexity index is 557. The van der Waals surface area contributed by atoms with E-state index in [1.165, 1.54) is 15.4 Å². The summed E-state index contributed by atoms with van der Waals surface area (Å²) in [7, 11) is 0. The van der Waals surface area contributed by atoms with Crippen molar-refractivity contribution >= 4 is 23.8 Å². The Balaban J connectivity index is 1.58. The average molecular weight is 367 g/mol. The second-order valence-electron chi connectivity index (χ2n) is 6.12. The zero-order valence-electron chi connectivity index (χ0n) is 15.0. The van der Waals surface area contributed by atoms with E-state index in [1.54, 1.807) is 23.6 Å². The van der Waals surface area contributed by atoms with Crippen molar-refractivity contribution in [1.29, 1.82) is 0 Å². The number of rotatable bonds is 7. The molecule has 0 atom stereocenters. The molecule has 1 aliphatic rings. The fourth-order valence-electron chi connectivity index (χ4n) is 2.68. The van der Waals surface area contributed by atoms with Gasteiger partial charge in [-0.3, -0.25) is 9.69 Å². The van der Waals surface area contributed by atoms with Crippen LogP contribution in [0.3, 0.4) is 0 Å². The van der Waals surface area contributed by atoms with E-state index < -0.39 is 0 Å². The Morgan fingerprint density at radius 2 is 1.92 bits per heavy atom. The van der Waals surface area contributed by atoms with Gasteiger partial charge in [0.15, 0.2) is 6.54 Å². The van der Waals surface area contributed by atoms with Crippen molar-refractivity contribution in [2.45, 2.75) is 18.7 Å². The first-order valence-electron chi connectivity index (χ1n) is 8.80. The number of piperazine rings is 1. The number of carbonyl (C=O) groups excluding carboxylic acids is 2. The minimum atomic E-state index is -0.251. The van der Waals surface area contributed by atoms with E-state index in [-0.39, 0.29) is 12.0 Å². The summed E-state index contributed by atoms with van der Waals surface area (Å²) in [5, 5.41) is 2.98. The highest BCUT2D eigenvalue weighted by Gasteiger charge is 2.25. The summed E-state index contributed by atoms with van der Waals surface area (Å²) < 4.78 is 5.00. The standard InChI is InChI=1S/C18H27N3O3S/c1-3-24-18(23)21-11-9-20(10-12-21)14-17(22)19-8-13-25-16-6-4-15(2)5-7-16/h4-7H,3,8-14H2,1-2H3,(H,19,22)/p+1. The monoisotopic (exact) mass is 366 g/mol. The fourth-order valence-corrected chi connectivity index (χ4v) is 3.45. The summed E-state index contributed by atoms with van der Waals surface area (Å²) in [4.78, 5) is 27.8. The molecule has 0 aromatic heterocycles. The number of benzene rings is 1. The molecule has 0 unspecified atom stereocenters. The lowest BCUT2D eigenvalue weighted by Gasteiger charge is -2.31. The molecule has 1 heterocycles. The Kier molecular flexibility index (Phi) is 8.08. The van der Waals surface area contributed by atoms with Gasteiger partial charge < -0.3 is 15.0 Å². The van der Waals surface area contributed by atoms with E-state index in [2.05, 4.69) is 36.5 Å². The Morgan fingerprint density at radius 1 is 1.24 bits per heavy atom. The summed E-state index contributed by atoms with van der Waals surface area (Å²) in [6.45, 7) is 8.26. The molecule has 25 heavy (non-hydrogen) atoms. The lowest BCUT2D eigenvalue weighted by atomic mass is 10.2. The number of aryl methyl sites for hydroxylation is 1. The van der Waals surface area contributed by atoms with Crippen LogP contribution >= 0.6 is 11.8 Å². The van der Waals surface area contributed by atoms with Crippen LogP contribution in [0.15, 0.2) is 29.2 Å². The summed E-state index contributed by atoms with van der Waals surface area (Å²) in [6, 6.07) is 8.41. The molecule has 0 aliphatic carbocycles. The van der Waals surface area contributed by atoms with Crippen LogP contribution in [0.25, 0.3) is 0 Å². The van der Waals surface area contributed by atoms with Gasteiger partial charge in [-0.05, 0) is 26.0 Å². The molecule has 1 saturated heterocycles. The SMILES string of the molecule is CCOC(=O)N1CC[NH+](CC(=O)NCCSc2ccc(C)cc2)CC1. The normalized spacial score (nSPS) is 15.0. The van der Waals surface area contributed by atoms with Crippen LogP contribution in [-0.4, -0.2) is 68.5 Å². The third kappa shape index (κ3) is 6.96. The summed E-state index contributed by atoms with van der Waals surface area (Å²) in [5.74, 6) is 0.935. The molecule has 6 nitrogen and oxygen atoms in total. The first-order valence-corrected chi connectivity index (χ1v) is 9.78. The highest BCUT2D eigenvalue weighted by Crippen LogP contribution is 2.17. The van der Waals surface area contributed by atoms with Crippen molar-refractivity contribution in [1.82, 2.24) is 10.2 Å². The molecule has 1 fully saturated rings. The predicted octanol–water partition coefficient (Wildman–Crippen LogP) is 0.560. The lowest BCUT2D eigenvalue weighted by molar-refractivity contribution is -0.896. The molecular formula is C18H28N3O3S+. The van der Waals surface area contributed by atoms with Crippen molar-refractivity contribution in [2.75, 3.05) is 51.6 Å². The highest BCUT2D eigenvalue weighted by atomic mass is 32.2. The first-order chi connectivity index (χ1) is 12.1. The largest absolute Gasteiger partial charge is 0.450 e. The number of ether oxygens (including phenoxy) is 1. The topological polar surface area (TPSA) is 63.1 Å². The van der Waals surface area contributed by atoms with Crippen LogP contribution in [0.1, 0.15) is 12.5 Å². The number of carbonyl (C=O) groups is 2. The van der Waals surface area contributed by atoms with Gasteiger partial charge in [0.1, 0.15) is 0 Å². The van der Waals surface area contributed by atoms with Gasteiger partial charge in [-0.25, -0.2) is 4.79 Å². The first kappa shape index (κ1) is 19.6. The molecule has 2 amide bonds. The van der Waals surface area contributed by atoms with E-state index >= 15 is 0 Å². The van der Waals surface area contributed by atoms with Crippen LogP contribution in [0.4, 0.5) is 4.79 Å². The molecule has 1 aliphatic heterocycles. The van der Waals surface area contributed by atoms with Gasteiger partial charge in [-0.15, -0.1) is 11.8 Å². The Hall–Kier alpha value is -1.73. The predicted molar refractivity (Wildman–Crippen MR) is 99.1 cm³/mol. The van der Waals surface area contributed by atoms with Crippen molar-refractivity contribution < 1.29 is 19.2 Å². The van der Waals surface area contributed by atoms with E-state index in [4.69, 9.17) is 4.74 Å². The fraction of sp³-hybridized carbons (Fsp3) is 0.556. The zero-order valence-corrected chi connectivity index (χ0v) is 15.9. The Labute approximate surface area is 153 Å². The van der Waals surface area contributed by atoms with Crippen molar-refractivity contribution in [3.05, 3.63) is 29.8 Å². The summed E-state index contributed by atoms with van der Waals surface area (Å²) in [5.41, 5.74) is 1.25. The number of thioether (sulfide) groups is 1. The van der Waals surface area contributed by atoms with Crippen LogP contribution in [0.2, 0.25) is 0 Å².